The van der Waals surface area contributed by atoms with Crippen LogP contribution < -0.4 is 5.32 Å². The number of halogens is 1. The lowest BCUT2D eigenvalue weighted by atomic mass is 10.0. The first-order chi connectivity index (χ1) is 10.2. The molecule has 0 spiro atoms. The average molecular weight is 303 g/mol. The quantitative estimate of drug-likeness (QED) is 0.739. The van der Waals surface area contributed by atoms with Crippen molar-refractivity contribution >= 4 is 11.3 Å². The Kier molecular flexibility index (Phi) is 4.41. The van der Waals surface area contributed by atoms with Crippen molar-refractivity contribution < 1.29 is 4.39 Å². The van der Waals surface area contributed by atoms with E-state index in [0.29, 0.717) is 5.41 Å². The average Bonchev–Trinajstić information content (AvgIpc) is 3.03. The summed E-state index contributed by atoms with van der Waals surface area (Å²) in [5.74, 6) is -0.133. The topological polar surface area (TPSA) is 12.0 Å². The van der Waals surface area contributed by atoms with Gasteiger partial charge < -0.3 is 5.32 Å². The van der Waals surface area contributed by atoms with Gasteiger partial charge in [-0.15, -0.1) is 11.3 Å². The predicted octanol–water partition coefficient (Wildman–Crippen LogP) is 5.22. The van der Waals surface area contributed by atoms with Crippen molar-refractivity contribution in [2.24, 2.45) is 5.41 Å². The Morgan fingerprint density at radius 1 is 1.29 bits per heavy atom. The molecule has 1 nitrogen and oxygen atoms in total. The molecular weight excluding hydrogens is 281 g/mol. The highest BCUT2D eigenvalue weighted by Crippen LogP contribution is 2.48. The molecule has 0 radical (unpaired) electrons. The summed E-state index contributed by atoms with van der Waals surface area (Å²) in [4.78, 5) is 0.999. The van der Waals surface area contributed by atoms with E-state index in [-0.39, 0.29) is 5.82 Å². The first-order valence-electron chi connectivity index (χ1n) is 7.75. The summed E-state index contributed by atoms with van der Waals surface area (Å²) in [6, 6.07) is 9.39. The van der Waals surface area contributed by atoms with Crippen LogP contribution in [0, 0.1) is 11.2 Å². The third-order valence-corrected chi connectivity index (χ3v) is 5.29. The summed E-state index contributed by atoms with van der Waals surface area (Å²) in [7, 11) is 0. The molecule has 1 fully saturated rings. The van der Waals surface area contributed by atoms with E-state index >= 15 is 0 Å². The highest BCUT2D eigenvalue weighted by molar-refractivity contribution is 7.13. The second-order valence-corrected chi connectivity index (χ2v) is 7.09. The number of rotatable bonds is 7. The highest BCUT2D eigenvalue weighted by atomic mass is 32.1. The van der Waals surface area contributed by atoms with Gasteiger partial charge in [-0.2, -0.15) is 0 Å². The Hall–Kier alpha value is -1.19. The SMILES string of the molecule is CCCC1(CNCc2ccc(F)c(-c3cccs3)c2)CC1. The number of thiophene rings is 1. The first-order valence-corrected chi connectivity index (χ1v) is 8.63. The molecule has 0 amide bonds. The summed E-state index contributed by atoms with van der Waals surface area (Å²) in [6.45, 7) is 4.17. The molecule has 1 aliphatic carbocycles. The zero-order valence-electron chi connectivity index (χ0n) is 12.5. The number of benzene rings is 1. The van der Waals surface area contributed by atoms with Gasteiger partial charge in [0.15, 0.2) is 0 Å². The van der Waals surface area contributed by atoms with Crippen LogP contribution in [0.4, 0.5) is 4.39 Å². The van der Waals surface area contributed by atoms with Crippen molar-refractivity contribution in [3.63, 3.8) is 0 Å². The predicted molar refractivity (Wildman–Crippen MR) is 88.0 cm³/mol. The zero-order valence-corrected chi connectivity index (χ0v) is 13.3. The number of hydrogen-bond acceptors (Lipinski definition) is 2. The fraction of sp³-hybridized carbons (Fsp3) is 0.444. The molecule has 1 aromatic carbocycles. The van der Waals surface area contributed by atoms with E-state index in [9.17, 15) is 4.39 Å². The molecule has 2 aromatic rings. The summed E-state index contributed by atoms with van der Waals surface area (Å²) in [5.41, 5.74) is 2.44. The van der Waals surface area contributed by atoms with Gasteiger partial charge in [-0.25, -0.2) is 4.39 Å². The molecule has 1 N–H and O–H groups in total. The Morgan fingerprint density at radius 2 is 2.14 bits per heavy atom. The maximum Gasteiger partial charge on any atom is 0.131 e. The third kappa shape index (κ3) is 3.53. The zero-order chi connectivity index (χ0) is 14.7. The van der Waals surface area contributed by atoms with Crippen LogP contribution in [0.5, 0.6) is 0 Å². The minimum Gasteiger partial charge on any atom is -0.312 e. The van der Waals surface area contributed by atoms with Gasteiger partial charge in [0.05, 0.1) is 0 Å². The molecule has 112 valence electrons. The van der Waals surface area contributed by atoms with Gasteiger partial charge in [0, 0.05) is 23.5 Å². The number of nitrogens with one attached hydrogen (secondary N) is 1. The highest BCUT2D eigenvalue weighted by Gasteiger charge is 2.40. The van der Waals surface area contributed by atoms with Crippen molar-refractivity contribution in [2.45, 2.75) is 39.2 Å². The minimum atomic E-state index is -0.133. The van der Waals surface area contributed by atoms with Gasteiger partial charge in [0.1, 0.15) is 5.82 Å². The van der Waals surface area contributed by atoms with Gasteiger partial charge in [-0.1, -0.05) is 25.5 Å². The summed E-state index contributed by atoms with van der Waals surface area (Å²) >= 11 is 1.58. The Morgan fingerprint density at radius 3 is 2.81 bits per heavy atom. The van der Waals surface area contributed by atoms with Crippen molar-refractivity contribution in [3.8, 4) is 10.4 Å². The van der Waals surface area contributed by atoms with Crippen LogP contribution in [0.1, 0.15) is 38.2 Å². The van der Waals surface area contributed by atoms with E-state index in [1.54, 1.807) is 17.4 Å². The molecule has 0 atom stereocenters. The smallest absolute Gasteiger partial charge is 0.131 e. The lowest BCUT2D eigenvalue weighted by Gasteiger charge is -2.15. The lowest BCUT2D eigenvalue weighted by molar-refractivity contribution is 0.421. The fourth-order valence-corrected chi connectivity index (χ4v) is 3.74. The molecule has 3 rings (SSSR count). The maximum atomic E-state index is 13.9. The third-order valence-electron chi connectivity index (χ3n) is 4.38. The summed E-state index contributed by atoms with van der Waals surface area (Å²) in [6.07, 6.45) is 5.31. The second-order valence-electron chi connectivity index (χ2n) is 6.15. The van der Waals surface area contributed by atoms with Gasteiger partial charge >= 0.3 is 0 Å². The van der Waals surface area contributed by atoms with Crippen LogP contribution in [-0.4, -0.2) is 6.54 Å². The summed E-state index contributed by atoms with van der Waals surface area (Å²) < 4.78 is 13.9. The molecule has 1 heterocycles. The van der Waals surface area contributed by atoms with Gasteiger partial charge in [-0.3, -0.25) is 0 Å². The molecule has 0 unspecified atom stereocenters. The molecule has 21 heavy (non-hydrogen) atoms. The summed E-state index contributed by atoms with van der Waals surface area (Å²) in [5, 5.41) is 5.55. The van der Waals surface area contributed by atoms with Crippen LogP contribution in [0.25, 0.3) is 10.4 Å². The van der Waals surface area contributed by atoms with Crippen molar-refractivity contribution in [1.29, 1.82) is 0 Å². The van der Waals surface area contributed by atoms with Crippen LogP contribution in [-0.2, 0) is 6.54 Å². The molecule has 0 bridgehead atoms. The molecular formula is C18H22FNS. The molecule has 0 saturated heterocycles. The van der Waals surface area contributed by atoms with Crippen molar-refractivity contribution in [1.82, 2.24) is 5.32 Å². The van der Waals surface area contributed by atoms with Crippen LogP contribution in [0.2, 0.25) is 0 Å². The van der Waals surface area contributed by atoms with Crippen LogP contribution in [0.3, 0.4) is 0 Å². The normalized spacial score (nSPS) is 16.1. The standard InChI is InChI=1S/C18H22FNS/c1-2-7-18(8-9-18)13-20-12-14-5-6-16(19)15(11-14)17-4-3-10-21-17/h3-6,10-11,20H,2,7-9,12-13H2,1H3. The monoisotopic (exact) mass is 303 g/mol. The molecule has 0 aliphatic heterocycles. The van der Waals surface area contributed by atoms with E-state index in [2.05, 4.69) is 12.2 Å². The van der Waals surface area contributed by atoms with Gasteiger partial charge in [0.25, 0.3) is 0 Å². The lowest BCUT2D eigenvalue weighted by Crippen LogP contribution is -2.23. The largest absolute Gasteiger partial charge is 0.312 e. The Bertz CT molecular complexity index is 587. The second kappa shape index (κ2) is 6.29. The van der Waals surface area contributed by atoms with E-state index in [4.69, 9.17) is 0 Å². The van der Waals surface area contributed by atoms with Crippen LogP contribution in [0.15, 0.2) is 35.7 Å². The van der Waals surface area contributed by atoms with Crippen molar-refractivity contribution in [2.75, 3.05) is 6.54 Å². The molecule has 1 saturated carbocycles. The van der Waals surface area contributed by atoms with Gasteiger partial charge in [-0.05, 0) is 53.8 Å². The Balaban J connectivity index is 1.63. The van der Waals surface area contributed by atoms with Gasteiger partial charge in [0.2, 0.25) is 0 Å². The van der Waals surface area contributed by atoms with Crippen molar-refractivity contribution in [3.05, 3.63) is 47.1 Å². The van der Waals surface area contributed by atoms with E-state index in [0.717, 1.165) is 29.1 Å². The molecule has 1 aromatic heterocycles. The van der Waals surface area contributed by atoms with E-state index in [1.165, 1.54) is 25.7 Å². The van der Waals surface area contributed by atoms with E-state index < -0.39 is 0 Å². The first kappa shape index (κ1) is 14.7. The maximum absolute atomic E-state index is 13.9. The Labute approximate surface area is 130 Å². The minimum absolute atomic E-state index is 0.133. The molecule has 3 heteroatoms. The van der Waals surface area contributed by atoms with Crippen LogP contribution >= 0.6 is 11.3 Å². The van der Waals surface area contributed by atoms with E-state index in [1.807, 2.05) is 29.6 Å². The molecule has 1 aliphatic rings. The fourth-order valence-electron chi connectivity index (χ4n) is 3.00. The number of hydrogen-bond donors (Lipinski definition) is 1.